The van der Waals surface area contributed by atoms with Crippen molar-refractivity contribution in [2.75, 3.05) is 29.4 Å². The van der Waals surface area contributed by atoms with Gasteiger partial charge in [0.15, 0.2) is 0 Å². The Bertz CT molecular complexity index is 827. The van der Waals surface area contributed by atoms with Crippen LogP contribution in [-0.2, 0) is 0 Å². The fraction of sp³-hybridized carbons (Fsp3) is 0.368. The predicted octanol–water partition coefficient (Wildman–Crippen LogP) is 4.13. The minimum atomic E-state index is 0.224. The zero-order chi connectivity index (χ0) is 17.6. The molecule has 6 heteroatoms. The Morgan fingerprint density at radius 3 is 2.32 bits per heavy atom. The van der Waals surface area contributed by atoms with Crippen LogP contribution in [0.25, 0.3) is 5.57 Å². The number of nitrogens with zero attached hydrogens (tertiary/aromatic N) is 3. The third kappa shape index (κ3) is 2.80. The van der Waals surface area contributed by atoms with Crippen molar-refractivity contribution >= 4 is 34.1 Å². The lowest BCUT2D eigenvalue weighted by atomic mass is 10.2. The number of amidine groups is 1. The summed E-state index contributed by atoms with van der Waals surface area (Å²) in [6, 6.07) is 8.30. The number of hydrogen-bond acceptors (Lipinski definition) is 5. The zero-order valence-corrected chi connectivity index (χ0v) is 15.4. The van der Waals surface area contributed by atoms with Crippen LogP contribution < -0.4 is 9.80 Å². The normalized spacial score (nSPS) is 17.9. The van der Waals surface area contributed by atoms with Gasteiger partial charge in [0.05, 0.1) is 17.8 Å². The van der Waals surface area contributed by atoms with Crippen LogP contribution >= 0.6 is 11.3 Å². The number of thiazole rings is 1. The van der Waals surface area contributed by atoms with Crippen LogP contribution in [0, 0.1) is 19.3 Å². The largest absolute Gasteiger partial charge is 0.510 e. The number of nitrogens with one attached hydrogen (secondary N) is 1. The summed E-state index contributed by atoms with van der Waals surface area (Å²) in [5.74, 6) is 0.544. The highest BCUT2D eigenvalue weighted by Crippen LogP contribution is 2.34. The lowest BCUT2D eigenvalue weighted by molar-refractivity contribution is 0.411. The van der Waals surface area contributed by atoms with Gasteiger partial charge >= 0.3 is 0 Å². The molecule has 3 heterocycles. The van der Waals surface area contributed by atoms with Crippen LogP contribution in [0.5, 0.6) is 0 Å². The molecule has 1 aromatic carbocycles. The van der Waals surface area contributed by atoms with E-state index < -0.39 is 0 Å². The Labute approximate surface area is 151 Å². The van der Waals surface area contributed by atoms with Crippen molar-refractivity contribution < 1.29 is 5.11 Å². The minimum Gasteiger partial charge on any atom is -0.510 e. The van der Waals surface area contributed by atoms with Gasteiger partial charge in [0, 0.05) is 29.3 Å². The molecule has 0 radical (unpaired) electrons. The van der Waals surface area contributed by atoms with Crippen molar-refractivity contribution in [3.63, 3.8) is 0 Å². The lowest BCUT2D eigenvalue weighted by Gasteiger charge is -2.21. The molecule has 2 aromatic rings. The molecule has 25 heavy (non-hydrogen) atoms. The molecule has 2 aliphatic heterocycles. The third-order valence-corrected chi connectivity index (χ3v) is 6.07. The maximum Gasteiger partial charge on any atom is 0.139 e. The molecule has 0 aliphatic carbocycles. The summed E-state index contributed by atoms with van der Waals surface area (Å²) >= 11 is 1.53. The van der Waals surface area contributed by atoms with Crippen molar-refractivity contribution in [3.05, 3.63) is 45.6 Å². The monoisotopic (exact) mass is 354 g/mol. The molecule has 2 aliphatic rings. The van der Waals surface area contributed by atoms with Gasteiger partial charge in [0.25, 0.3) is 0 Å². The van der Waals surface area contributed by atoms with Crippen LogP contribution in [-0.4, -0.2) is 35.6 Å². The number of aromatic nitrogens is 1. The highest BCUT2D eigenvalue weighted by Gasteiger charge is 2.31. The van der Waals surface area contributed by atoms with Crippen LogP contribution in [0.3, 0.4) is 0 Å². The van der Waals surface area contributed by atoms with Gasteiger partial charge in [-0.3, -0.25) is 5.41 Å². The second-order valence-electron chi connectivity index (χ2n) is 6.63. The molecule has 4 rings (SSSR count). The molecule has 0 amide bonds. The molecular formula is C19H22N4OS. The van der Waals surface area contributed by atoms with Crippen LogP contribution in [0.2, 0.25) is 0 Å². The second kappa shape index (κ2) is 6.19. The maximum atomic E-state index is 10.4. The molecule has 1 saturated heterocycles. The number of aryl methyl sites for hydroxylation is 2. The first kappa shape index (κ1) is 16.1. The Morgan fingerprint density at radius 1 is 1.08 bits per heavy atom. The van der Waals surface area contributed by atoms with Crippen molar-refractivity contribution in [1.29, 1.82) is 5.41 Å². The maximum absolute atomic E-state index is 10.4. The number of anilines is 2. The number of rotatable bonds is 3. The molecule has 5 nitrogen and oxygen atoms in total. The van der Waals surface area contributed by atoms with E-state index in [1.807, 2.05) is 30.9 Å². The topological polar surface area (TPSA) is 63.5 Å². The van der Waals surface area contributed by atoms with Crippen molar-refractivity contribution in [2.24, 2.45) is 0 Å². The Kier molecular flexibility index (Phi) is 4.00. The highest BCUT2D eigenvalue weighted by atomic mass is 32.1. The Balaban J connectivity index is 1.57. The van der Waals surface area contributed by atoms with Crippen molar-refractivity contribution in [2.45, 2.75) is 26.7 Å². The number of hydrogen-bond donors (Lipinski definition) is 2. The van der Waals surface area contributed by atoms with Crippen LogP contribution in [0.4, 0.5) is 11.4 Å². The summed E-state index contributed by atoms with van der Waals surface area (Å²) in [6.45, 7) is 6.54. The smallest absolute Gasteiger partial charge is 0.139 e. The summed E-state index contributed by atoms with van der Waals surface area (Å²) in [5, 5.41) is 19.7. The van der Waals surface area contributed by atoms with Crippen LogP contribution in [0.1, 0.15) is 28.4 Å². The summed E-state index contributed by atoms with van der Waals surface area (Å²) in [7, 11) is 0. The van der Waals surface area contributed by atoms with Gasteiger partial charge < -0.3 is 14.9 Å². The number of aliphatic hydroxyl groups is 1. The van der Waals surface area contributed by atoms with Gasteiger partial charge in [-0.15, -0.1) is 11.3 Å². The SMILES string of the molecule is Cc1nc(C2=C(O)CN(c3ccc(N4CCCC4)cc3)C2=N)sc1C. The van der Waals surface area contributed by atoms with E-state index in [2.05, 4.69) is 22.0 Å². The van der Waals surface area contributed by atoms with Gasteiger partial charge in [-0.2, -0.15) is 0 Å². The molecule has 2 N–H and O–H groups in total. The third-order valence-electron chi connectivity index (χ3n) is 4.98. The van der Waals surface area contributed by atoms with E-state index >= 15 is 0 Å². The highest BCUT2D eigenvalue weighted by molar-refractivity contribution is 7.13. The average Bonchev–Trinajstić information content (AvgIpc) is 3.30. The first-order valence-corrected chi connectivity index (χ1v) is 9.44. The van der Waals surface area contributed by atoms with Gasteiger partial charge in [-0.05, 0) is 51.0 Å². The van der Waals surface area contributed by atoms with Gasteiger partial charge in [-0.25, -0.2) is 4.98 Å². The zero-order valence-electron chi connectivity index (χ0n) is 14.5. The molecule has 0 unspecified atom stereocenters. The van der Waals surface area contributed by atoms with E-state index in [4.69, 9.17) is 5.41 Å². The quantitative estimate of drug-likeness (QED) is 0.870. The Morgan fingerprint density at radius 2 is 1.72 bits per heavy atom. The molecule has 130 valence electrons. The number of aliphatic hydroxyl groups excluding tert-OH is 1. The fourth-order valence-corrected chi connectivity index (χ4v) is 4.41. The summed E-state index contributed by atoms with van der Waals surface area (Å²) < 4.78 is 0. The van der Waals surface area contributed by atoms with E-state index in [1.54, 1.807) is 0 Å². The summed E-state index contributed by atoms with van der Waals surface area (Å²) in [4.78, 5) is 9.86. The molecule has 0 saturated carbocycles. The van der Waals surface area contributed by atoms with E-state index in [0.29, 0.717) is 18.0 Å². The van der Waals surface area contributed by atoms with E-state index in [-0.39, 0.29) is 5.76 Å². The molecule has 0 spiro atoms. The fourth-order valence-electron chi connectivity index (χ4n) is 3.42. The van der Waals surface area contributed by atoms with Crippen molar-refractivity contribution in [3.8, 4) is 0 Å². The molecule has 1 fully saturated rings. The molecular weight excluding hydrogens is 332 g/mol. The van der Waals surface area contributed by atoms with Gasteiger partial charge in [0.1, 0.15) is 16.6 Å². The standard InChI is InChI=1S/C19H22N4OS/c1-12-13(2)25-19(21-12)17-16(24)11-23(18(17)20)15-7-5-14(6-8-15)22-9-3-4-10-22/h5-8,20,24H,3-4,9-11H2,1-2H3. The van der Waals surface area contributed by atoms with Crippen LogP contribution in [0.15, 0.2) is 30.0 Å². The average molecular weight is 354 g/mol. The summed E-state index contributed by atoms with van der Waals surface area (Å²) in [6.07, 6.45) is 2.51. The van der Waals surface area contributed by atoms with E-state index in [9.17, 15) is 5.11 Å². The molecule has 0 bridgehead atoms. The minimum absolute atomic E-state index is 0.224. The lowest BCUT2D eigenvalue weighted by Crippen LogP contribution is -2.26. The van der Waals surface area contributed by atoms with Gasteiger partial charge in [-0.1, -0.05) is 0 Å². The van der Waals surface area contributed by atoms with Gasteiger partial charge in [0.2, 0.25) is 0 Å². The molecule has 0 atom stereocenters. The second-order valence-corrected chi connectivity index (χ2v) is 7.83. The predicted molar refractivity (Wildman–Crippen MR) is 104 cm³/mol. The number of benzene rings is 1. The first-order valence-electron chi connectivity index (χ1n) is 8.62. The van der Waals surface area contributed by atoms with Crippen molar-refractivity contribution in [1.82, 2.24) is 4.98 Å². The van der Waals surface area contributed by atoms with E-state index in [1.165, 1.54) is 29.9 Å². The van der Waals surface area contributed by atoms with E-state index in [0.717, 1.165) is 34.4 Å². The first-order chi connectivity index (χ1) is 12.0. The summed E-state index contributed by atoms with van der Waals surface area (Å²) in [5.41, 5.74) is 3.68. The molecule has 1 aromatic heterocycles. The Hall–Kier alpha value is -2.34.